The highest BCUT2D eigenvalue weighted by atomic mass is 32.1. The Morgan fingerprint density at radius 3 is 2.55 bits per heavy atom. The molecule has 4 nitrogen and oxygen atoms in total. The first kappa shape index (κ1) is 16.8. The van der Waals surface area contributed by atoms with Crippen molar-refractivity contribution in [3.8, 4) is 5.75 Å². The lowest BCUT2D eigenvalue weighted by Crippen LogP contribution is -3.09. The van der Waals surface area contributed by atoms with Gasteiger partial charge in [-0.25, -0.2) is 0 Å². The van der Waals surface area contributed by atoms with Gasteiger partial charge in [0.05, 0.1) is 26.7 Å². The van der Waals surface area contributed by atoms with E-state index in [9.17, 15) is 13.2 Å². The number of thiocarbonyl (C=S) groups is 1. The van der Waals surface area contributed by atoms with E-state index in [-0.39, 0.29) is 5.75 Å². The summed E-state index contributed by atoms with van der Waals surface area (Å²) in [6.07, 6.45) is -3.61. The van der Waals surface area contributed by atoms with Gasteiger partial charge in [0.2, 0.25) is 0 Å². The second-order valence-electron chi connectivity index (χ2n) is 5.30. The summed E-state index contributed by atoms with van der Waals surface area (Å²) in [5.41, 5.74) is 0.643. The van der Waals surface area contributed by atoms with Crippen molar-refractivity contribution in [1.29, 1.82) is 0 Å². The minimum Gasteiger partial charge on any atom is -0.406 e. The van der Waals surface area contributed by atoms with Gasteiger partial charge in [-0.1, -0.05) is 0 Å². The number of halogens is 3. The van der Waals surface area contributed by atoms with Crippen molar-refractivity contribution in [3.63, 3.8) is 0 Å². The van der Waals surface area contributed by atoms with E-state index in [1.54, 1.807) is 0 Å². The lowest BCUT2D eigenvalue weighted by Gasteiger charge is -2.23. The maximum atomic E-state index is 12.1. The van der Waals surface area contributed by atoms with Gasteiger partial charge >= 0.3 is 6.36 Å². The summed E-state index contributed by atoms with van der Waals surface area (Å²) < 4.78 is 40.1. The largest absolute Gasteiger partial charge is 0.573 e. The first-order valence-electron chi connectivity index (χ1n) is 7.06. The molecule has 0 amide bonds. The lowest BCUT2D eigenvalue weighted by molar-refractivity contribution is -0.877. The maximum Gasteiger partial charge on any atom is 0.573 e. The molecule has 8 heteroatoms. The number of anilines is 1. The van der Waals surface area contributed by atoms with Gasteiger partial charge in [-0.2, -0.15) is 0 Å². The molecule has 0 radical (unpaired) electrons. The molecule has 1 fully saturated rings. The molecule has 0 spiro atoms. The van der Waals surface area contributed by atoms with Crippen molar-refractivity contribution in [2.24, 2.45) is 0 Å². The summed E-state index contributed by atoms with van der Waals surface area (Å²) in [5.74, 6) is -0.246. The van der Waals surface area contributed by atoms with Crippen LogP contribution in [0.2, 0.25) is 0 Å². The third-order valence-corrected chi connectivity index (χ3v) is 3.83. The molecule has 0 bridgehead atoms. The second kappa shape index (κ2) is 7.15. The van der Waals surface area contributed by atoms with E-state index in [1.165, 1.54) is 29.2 Å². The van der Waals surface area contributed by atoms with Crippen molar-refractivity contribution in [2.45, 2.75) is 12.8 Å². The zero-order valence-corrected chi connectivity index (χ0v) is 13.1. The molecule has 1 heterocycles. The topological polar surface area (TPSA) is 28.9 Å². The summed E-state index contributed by atoms with van der Waals surface area (Å²) in [7, 11) is 2.15. The predicted octanol–water partition coefficient (Wildman–Crippen LogP) is 1.50. The van der Waals surface area contributed by atoms with Gasteiger partial charge in [-0.15, -0.1) is 13.2 Å². The average Bonchev–Trinajstić information content (AvgIpc) is 2.64. The monoisotopic (exact) mass is 334 g/mol. The van der Waals surface area contributed by atoms with Gasteiger partial charge in [0, 0.05) is 18.7 Å². The number of alkyl halides is 3. The first-order valence-corrected chi connectivity index (χ1v) is 7.47. The van der Waals surface area contributed by atoms with Crippen LogP contribution in [0.1, 0.15) is 6.42 Å². The SMILES string of the molecule is C[NH+]1CCCN(C(=S)Nc2ccc(OC(F)(F)F)cc2)CC1. The van der Waals surface area contributed by atoms with Crippen molar-refractivity contribution in [2.75, 3.05) is 38.5 Å². The number of quaternary nitrogens is 1. The number of ether oxygens (including phenoxy) is 1. The van der Waals surface area contributed by atoms with E-state index < -0.39 is 6.36 Å². The Morgan fingerprint density at radius 2 is 1.91 bits per heavy atom. The van der Waals surface area contributed by atoms with Crippen molar-refractivity contribution >= 4 is 23.0 Å². The molecule has 1 atom stereocenters. The van der Waals surface area contributed by atoms with Crippen molar-refractivity contribution in [3.05, 3.63) is 24.3 Å². The Labute approximate surface area is 132 Å². The molecule has 1 aliphatic heterocycles. The summed E-state index contributed by atoms with van der Waals surface area (Å²) in [6, 6.07) is 5.56. The average molecular weight is 334 g/mol. The van der Waals surface area contributed by atoms with Crippen LogP contribution in [0.5, 0.6) is 5.75 Å². The normalized spacial score (nSPS) is 19.5. The Hall–Kier alpha value is -1.54. The quantitative estimate of drug-likeness (QED) is 0.802. The first-order chi connectivity index (χ1) is 10.3. The molecule has 0 aliphatic carbocycles. The summed E-state index contributed by atoms with van der Waals surface area (Å²) in [4.78, 5) is 3.56. The molecule has 1 aromatic carbocycles. The van der Waals surface area contributed by atoms with Gasteiger partial charge in [0.1, 0.15) is 5.75 Å². The third kappa shape index (κ3) is 5.34. The second-order valence-corrected chi connectivity index (χ2v) is 5.69. The molecule has 1 unspecified atom stereocenters. The van der Waals surface area contributed by atoms with Gasteiger partial charge in [0.15, 0.2) is 5.11 Å². The molecule has 1 aromatic rings. The van der Waals surface area contributed by atoms with E-state index >= 15 is 0 Å². The lowest BCUT2D eigenvalue weighted by atomic mass is 10.3. The Kier molecular flexibility index (Phi) is 5.47. The number of nitrogens with one attached hydrogen (secondary N) is 2. The molecule has 0 aromatic heterocycles. The van der Waals surface area contributed by atoms with Crippen molar-refractivity contribution in [1.82, 2.24) is 4.90 Å². The molecule has 2 rings (SSSR count). The van der Waals surface area contributed by atoms with Gasteiger partial charge in [0.25, 0.3) is 0 Å². The van der Waals surface area contributed by atoms with E-state index in [4.69, 9.17) is 12.2 Å². The van der Waals surface area contributed by atoms with Gasteiger partial charge in [-0.3, -0.25) is 0 Å². The highest BCUT2D eigenvalue weighted by Gasteiger charge is 2.31. The Balaban J connectivity index is 1.91. The molecule has 22 heavy (non-hydrogen) atoms. The maximum absolute atomic E-state index is 12.1. The van der Waals surface area contributed by atoms with Crippen LogP contribution in [0.25, 0.3) is 0 Å². The molecular weight excluding hydrogens is 315 g/mol. The smallest absolute Gasteiger partial charge is 0.406 e. The van der Waals surface area contributed by atoms with E-state index in [0.29, 0.717) is 10.8 Å². The van der Waals surface area contributed by atoms with Crippen LogP contribution in [0.4, 0.5) is 18.9 Å². The zero-order valence-electron chi connectivity index (χ0n) is 12.2. The molecule has 0 saturated carbocycles. The molecule has 2 N–H and O–H groups in total. The fourth-order valence-electron chi connectivity index (χ4n) is 2.28. The molecule has 122 valence electrons. The van der Waals surface area contributed by atoms with Crippen LogP contribution in [0, 0.1) is 0 Å². The van der Waals surface area contributed by atoms with Crippen LogP contribution in [-0.4, -0.2) is 49.6 Å². The number of nitrogens with zero attached hydrogens (tertiary/aromatic N) is 1. The van der Waals surface area contributed by atoms with Crippen LogP contribution < -0.4 is 15.0 Å². The van der Waals surface area contributed by atoms with E-state index in [0.717, 1.165) is 32.6 Å². The highest BCUT2D eigenvalue weighted by molar-refractivity contribution is 7.80. The minimum atomic E-state index is -4.68. The standard InChI is InChI=1S/C14H18F3N3OS/c1-19-7-2-8-20(10-9-19)13(22)18-11-3-5-12(6-4-11)21-14(15,16)17/h3-6H,2,7-10H2,1H3,(H,18,22)/p+1. The number of likely N-dealkylation sites (N-methyl/N-ethyl adjacent to an activating group) is 1. The van der Waals surface area contributed by atoms with Crippen LogP contribution in [0.3, 0.4) is 0 Å². The highest BCUT2D eigenvalue weighted by Crippen LogP contribution is 2.24. The minimum absolute atomic E-state index is 0.246. The summed E-state index contributed by atoms with van der Waals surface area (Å²) in [6.45, 7) is 3.88. The zero-order chi connectivity index (χ0) is 16.2. The van der Waals surface area contributed by atoms with Gasteiger partial charge < -0.3 is 19.9 Å². The van der Waals surface area contributed by atoms with Crippen LogP contribution in [0.15, 0.2) is 24.3 Å². The van der Waals surface area contributed by atoms with Crippen LogP contribution >= 0.6 is 12.2 Å². The number of rotatable bonds is 2. The molecule has 1 saturated heterocycles. The van der Waals surface area contributed by atoms with E-state index in [1.807, 2.05) is 0 Å². The molecular formula is C14H19F3N3OS+. The van der Waals surface area contributed by atoms with Crippen molar-refractivity contribution < 1.29 is 22.8 Å². The number of hydrogen-bond acceptors (Lipinski definition) is 2. The third-order valence-electron chi connectivity index (χ3n) is 3.47. The predicted molar refractivity (Wildman–Crippen MR) is 82.2 cm³/mol. The van der Waals surface area contributed by atoms with Gasteiger partial charge in [-0.05, 0) is 36.5 Å². The Morgan fingerprint density at radius 1 is 1.23 bits per heavy atom. The Bertz CT molecular complexity index is 507. The van der Waals surface area contributed by atoms with Crippen LogP contribution in [-0.2, 0) is 0 Å². The molecule has 1 aliphatic rings. The fraction of sp³-hybridized carbons (Fsp3) is 0.500. The van der Waals surface area contributed by atoms with E-state index in [2.05, 4.69) is 22.0 Å². The summed E-state index contributed by atoms with van der Waals surface area (Å²) >= 11 is 5.37. The number of benzene rings is 1. The summed E-state index contributed by atoms with van der Waals surface area (Å²) in [5, 5.41) is 3.65. The number of hydrogen-bond donors (Lipinski definition) is 2. The fourth-order valence-corrected chi connectivity index (χ4v) is 2.58.